The predicted molar refractivity (Wildman–Crippen MR) is 67.6 cm³/mol. The Kier molecular flexibility index (Phi) is 3.21. The van der Waals surface area contributed by atoms with Gasteiger partial charge >= 0.3 is 0 Å². The standard InChI is InChI=1S/C14H26N2/c1-11(12-5-2-3-6-12)15-13-8-10-16-9-4-7-14(13)16/h11-15H,2-10H2,1H3/t11-,13?,14?/m0/s1. The summed E-state index contributed by atoms with van der Waals surface area (Å²) in [5.74, 6) is 0.968. The van der Waals surface area contributed by atoms with Crippen LogP contribution in [-0.2, 0) is 0 Å². The lowest BCUT2D eigenvalue weighted by atomic mass is 9.97. The molecule has 0 radical (unpaired) electrons. The topological polar surface area (TPSA) is 15.3 Å². The lowest BCUT2D eigenvalue weighted by molar-refractivity contribution is 0.271. The second kappa shape index (κ2) is 4.66. The van der Waals surface area contributed by atoms with Crippen molar-refractivity contribution in [2.24, 2.45) is 5.92 Å². The fourth-order valence-corrected chi connectivity index (χ4v) is 4.21. The van der Waals surface area contributed by atoms with E-state index in [-0.39, 0.29) is 0 Å². The molecule has 3 rings (SSSR count). The summed E-state index contributed by atoms with van der Waals surface area (Å²) < 4.78 is 0. The second-order valence-electron chi connectivity index (χ2n) is 6.14. The lowest BCUT2D eigenvalue weighted by Gasteiger charge is -2.28. The molecule has 16 heavy (non-hydrogen) atoms. The molecule has 0 aromatic rings. The number of rotatable bonds is 3. The summed E-state index contributed by atoms with van der Waals surface area (Å²) in [6, 6.07) is 2.44. The summed E-state index contributed by atoms with van der Waals surface area (Å²) >= 11 is 0. The fourth-order valence-electron chi connectivity index (χ4n) is 4.21. The molecule has 1 aliphatic carbocycles. The van der Waals surface area contributed by atoms with E-state index in [1.807, 2.05) is 0 Å². The highest BCUT2D eigenvalue weighted by atomic mass is 15.2. The Balaban J connectivity index is 1.53. The average Bonchev–Trinajstić information content (AvgIpc) is 2.94. The molecule has 1 N–H and O–H groups in total. The van der Waals surface area contributed by atoms with Gasteiger partial charge in [0.15, 0.2) is 0 Å². The number of nitrogens with one attached hydrogen (secondary N) is 1. The Labute approximate surface area is 99.8 Å². The molecular formula is C14H26N2. The molecule has 0 aromatic heterocycles. The first kappa shape index (κ1) is 11.0. The molecule has 3 aliphatic rings. The van der Waals surface area contributed by atoms with E-state index in [1.54, 1.807) is 0 Å². The third kappa shape index (κ3) is 2.02. The molecule has 0 amide bonds. The predicted octanol–water partition coefficient (Wildman–Crippen LogP) is 2.39. The van der Waals surface area contributed by atoms with Crippen molar-refractivity contribution in [1.29, 1.82) is 0 Å². The zero-order valence-corrected chi connectivity index (χ0v) is 10.6. The monoisotopic (exact) mass is 222 g/mol. The normalized spacial score (nSPS) is 38.1. The van der Waals surface area contributed by atoms with Gasteiger partial charge in [-0.3, -0.25) is 4.90 Å². The number of hydrogen-bond acceptors (Lipinski definition) is 2. The van der Waals surface area contributed by atoms with Crippen molar-refractivity contribution in [3.05, 3.63) is 0 Å². The van der Waals surface area contributed by atoms with Crippen LogP contribution in [-0.4, -0.2) is 36.1 Å². The fraction of sp³-hybridized carbons (Fsp3) is 1.00. The summed E-state index contributed by atoms with van der Waals surface area (Å²) in [4.78, 5) is 2.71. The zero-order valence-electron chi connectivity index (χ0n) is 10.6. The molecule has 0 aromatic carbocycles. The summed E-state index contributed by atoms with van der Waals surface area (Å²) in [5.41, 5.74) is 0. The Hall–Kier alpha value is -0.0800. The summed E-state index contributed by atoms with van der Waals surface area (Å²) in [6.45, 7) is 5.13. The molecule has 2 heterocycles. The van der Waals surface area contributed by atoms with Gasteiger partial charge in [0, 0.05) is 24.7 Å². The molecule has 3 atom stereocenters. The van der Waals surface area contributed by atoms with E-state index in [0.29, 0.717) is 0 Å². The first-order valence-corrected chi connectivity index (χ1v) is 7.35. The Morgan fingerprint density at radius 2 is 1.81 bits per heavy atom. The minimum atomic E-state index is 0.757. The Morgan fingerprint density at radius 3 is 2.62 bits per heavy atom. The molecular weight excluding hydrogens is 196 g/mol. The molecule has 2 nitrogen and oxygen atoms in total. The first-order valence-electron chi connectivity index (χ1n) is 7.35. The van der Waals surface area contributed by atoms with Crippen LogP contribution >= 0.6 is 0 Å². The maximum absolute atomic E-state index is 3.95. The van der Waals surface area contributed by atoms with Gasteiger partial charge in [0.1, 0.15) is 0 Å². The summed E-state index contributed by atoms with van der Waals surface area (Å²) in [7, 11) is 0. The first-order chi connectivity index (χ1) is 7.84. The van der Waals surface area contributed by atoms with Gasteiger partial charge in [0.05, 0.1) is 0 Å². The van der Waals surface area contributed by atoms with Gasteiger partial charge in [-0.25, -0.2) is 0 Å². The van der Waals surface area contributed by atoms with Gasteiger partial charge in [-0.05, 0) is 51.5 Å². The molecule has 2 unspecified atom stereocenters. The number of nitrogens with zero attached hydrogens (tertiary/aromatic N) is 1. The van der Waals surface area contributed by atoms with Crippen LogP contribution in [0, 0.1) is 5.92 Å². The zero-order chi connectivity index (χ0) is 11.0. The van der Waals surface area contributed by atoms with Crippen LogP contribution in [0.1, 0.15) is 51.9 Å². The van der Waals surface area contributed by atoms with Crippen molar-refractivity contribution in [1.82, 2.24) is 10.2 Å². The number of hydrogen-bond donors (Lipinski definition) is 1. The third-order valence-corrected chi connectivity index (χ3v) is 5.19. The summed E-state index contributed by atoms with van der Waals surface area (Å²) in [6.07, 6.45) is 10.1. The van der Waals surface area contributed by atoms with E-state index in [4.69, 9.17) is 0 Å². The highest BCUT2D eigenvalue weighted by Gasteiger charge is 2.38. The van der Waals surface area contributed by atoms with Crippen molar-refractivity contribution in [3.63, 3.8) is 0 Å². The van der Waals surface area contributed by atoms with Crippen molar-refractivity contribution >= 4 is 0 Å². The van der Waals surface area contributed by atoms with Crippen LogP contribution in [0.25, 0.3) is 0 Å². The van der Waals surface area contributed by atoms with Gasteiger partial charge in [0.25, 0.3) is 0 Å². The summed E-state index contributed by atoms with van der Waals surface area (Å²) in [5, 5.41) is 3.95. The van der Waals surface area contributed by atoms with E-state index < -0.39 is 0 Å². The van der Waals surface area contributed by atoms with Crippen LogP contribution in [0.4, 0.5) is 0 Å². The van der Waals surface area contributed by atoms with E-state index in [2.05, 4.69) is 17.1 Å². The van der Waals surface area contributed by atoms with Crippen LogP contribution < -0.4 is 5.32 Å². The Bertz CT molecular complexity index is 235. The number of fused-ring (bicyclic) bond motifs is 1. The maximum atomic E-state index is 3.95. The molecule has 1 saturated carbocycles. The van der Waals surface area contributed by atoms with Crippen molar-refractivity contribution in [3.8, 4) is 0 Å². The molecule has 0 spiro atoms. The van der Waals surface area contributed by atoms with Gasteiger partial charge < -0.3 is 5.32 Å². The van der Waals surface area contributed by atoms with Crippen LogP contribution in [0.3, 0.4) is 0 Å². The molecule has 0 bridgehead atoms. The van der Waals surface area contributed by atoms with Gasteiger partial charge in [0.2, 0.25) is 0 Å². The minimum Gasteiger partial charge on any atom is -0.310 e. The van der Waals surface area contributed by atoms with Crippen LogP contribution in [0.5, 0.6) is 0 Å². The molecule has 2 heteroatoms. The quantitative estimate of drug-likeness (QED) is 0.789. The van der Waals surface area contributed by atoms with Crippen LogP contribution in [0.2, 0.25) is 0 Å². The van der Waals surface area contributed by atoms with E-state index >= 15 is 0 Å². The van der Waals surface area contributed by atoms with E-state index in [9.17, 15) is 0 Å². The van der Waals surface area contributed by atoms with Crippen molar-refractivity contribution in [2.75, 3.05) is 13.1 Å². The van der Waals surface area contributed by atoms with Gasteiger partial charge in [-0.2, -0.15) is 0 Å². The minimum absolute atomic E-state index is 0.757. The van der Waals surface area contributed by atoms with Crippen LogP contribution in [0.15, 0.2) is 0 Å². The molecule has 92 valence electrons. The van der Waals surface area contributed by atoms with E-state index in [1.165, 1.54) is 58.0 Å². The SMILES string of the molecule is C[C@H](NC1CCN2CCCC12)C1CCCC1. The highest BCUT2D eigenvalue weighted by Crippen LogP contribution is 2.31. The second-order valence-corrected chi connectivity index (χ2v) is 6.14. The maximum Gasteiger partial charge on any atom is 0.0250 e. The smallest absolute Gasteiger partial charge is 0.0250 e. The lowest BCUT2D eigenvalue weighted by Crippen LogP contribution is -2.45. The molecule has 2 aliphatic heterocycles. The van der Waals surface area contributed by atoms with Gasteiger partial charge in [-0.1, -0.05) is 12.8 Å². The van der Waals surface area contributed by atoms with E-state index in [0.717, 1.165) is 24.0 Å². The average molecular weight is 222 g/mol. The van der Waals surface area contributed by atoms with Crippen molar-refractivity contribution in [2.45, 2.75) is 70.0 Å². The highest BCUT2D eigenvalue weighted by molar-refractivity contribution is 4.97. The van der Waals surface area contributed by atoms with Crippen molar-refractivity contribution < 1.29 is 0 Å². The largest absolute Gasteiger partial charge is 0.310 e. The molecule has 2 saturated heterocycles. The third-order valence-electron chi connectivity index (χ3n) is 5.19. The van der Waals surface area contributed by atoms with Gasteiger partial charge in [-0.15, -0.1) is 0 Å². The molecule has 3 fully saturated rings. The Morgan fingerprint density at radius 1 is 1.00 bits per heavy atom.